The zero-order valence-electron chi connectivity index (χ0n) is 15.5. The van der Waals surface area contributed by atoms with Crippen LogP contribution >= 0.6 is 0 Å². The van der Waals surface area contributed by atoms with E-state index in [4.69, 9.17) is 9.47 Å². The lowest BCUT2D eigenvalue weighted by molar-refractivity contribution is -0.00989. The van der Waals surface area contributed by atoms with Gasteiger partial charge in [-0.3, -0.25) is 4.90 Å². The molecule has 1 saturated heterocycles. The number of rotatable bonds is 4. The summed E-state index contributed by atoms with van der Waals surface area (Å²) in [5.41, 5.74) is 2.85. The van der Waals surface area contributed by atoms with E-state index in [0.717, 1.165) is 43.2 Å². The molecule has 4 heteroatoms. The van der Waals surface area contributed by atoms with Crippen molar-refractivity contribution in [3.05, 3.63) is 23.3 Å². The smallest absolute Gasteiger partial charge is 0.161 e. The molecule has 0 spiro atoms. The van der Waals surface area contributed by atoms with Crippen molar-refractivity contribution in [2.45, 2.75) is 58.1 Å². The van der Waals surface area contributed by atoms with Crippen LogP contribution in [0.2, 0.25) is 0 Å². The summed E-state index contributed by atoms with van der Waals surface area (Å²) in [5.74, 6) is 3.21. The van der Waals surface area contributed by atoms with E-state index in [1.54, 1.807) is 0 Å². The third kappa shape index (κ3) is 3.26. The number of hydrogen-bond donors (Lipinski definition) is 1. The molecule has 1 N–H and O–H groups in total. The van der Waals surface area contributed by atoms with Gasteiger partial charge in [0.15, 0.2) is 11.5 Å². The molecular weight excluding hydrogens is 314 g/mol. The predicted octanol–water partition coefficient (Wildman–Crippen LogP) is 3.56. The van der Waals surface area contributed by atoms with Crippen LogP contribution in [0, 0.1) is 11.8 Å². The number of piperidine rings is 1. The van der Waals surface area contributed by atoms with Crippen LogP contribution < -0.4 is 9.47 Å². The lowest BCUT2D eigenvalue weighted by atomic mass is 9.69. The number of aliphatic hydroxyl groups excluding tert-OH is 1. The fourth-order valence-electron chi connectivity index (χ4n) is 5.21. The Bertz CT molecular complexity index is 617. The van der Waals surface area contributed by atoms with Gasteiger partial charge in [0.1, 0.15) is 0 Å². The quantitative estimate of drug-likeness (QED) is 0.906. The van der Waals surface area contributed by atoms with Gasteiger partial charge in [-0.2, -0.15) is 0 Å². The summed E-state index contributed by atoms with van der Waals surface area (Å²) in [6, 6.07) is 4.92. The third-order valence-electron chi connectivity index (χ3n) is 6.38. The van der Waals surface area contributed by atoms with Crippen molar-refractivity contribution in [2.75, 3.05) is 26.3 Å². The molecule has 1 aliphatic carbocycles. The van der Waals surface area contributed by atoms with Crippen molar-refractivity contribution in [1.82, 2.24) is 4.90 Å². The average molecular weight is 345 g/mol. The number of nitrogens with zero attached hydrogens (tertiary/aromatic N) is 1. The summed E-state index contributed by atoms with van der Waals surface area (Å²) >= 11 is 0. The van der Waals surface area contributed by atoms with Crippen LogP contribution in [0.5, 0.6) is 11.5 Å². The van der Waals surface area contributed by atoms with Crippen LogP contribution in [0.15, 0.2) is 12.1 Å². The molecule has 4 rings (SSSR count). The summed E-state index contributed by atoms with van der Waals surface area (Å²) in [6.07, 6.45) is 5.35. The Morgan fingerprint density at radius 1 is 1.04 bits per heavy atom. The number of aliphatic hydroxyl groups is 1. The molecular formula is C21H31NO3. The first-order valence-corrected chi connectivity index (χ1v) is 10.0. The van der Waals surface area contributed by atoms with Gasteiger partial charge in [-0.1, -0.05) is 0 Å². The summed E-state index contributed by atoms with van der Waals surface area (Å²) in [5, 5.41) is 10.1. The molecule has 1 unspecified atom stereocenters. The van der Waals surface area contributed by atoms with Crippen molar-refractivity contribution in [3.63, 3.8) is 0 Å². The Morgan fingerprint density at radius 2 is 1.80 bits per heavy atom. The zero-order valence-corrected chi connectivity index (χ0v) is 15.5. The topological polar surface area (TPSA) is 41.9 Å². The largest absolute Gasteiger partial charge is 0.490 e. The lowest BCUT2D eigenvalue weighted by Gasteiger charge is -2.49. The molecule has 2 aliphatic heterocycles. The van der Waals surface area contributed by atoms with E-state index in [2.05, 4.69) is 17.0 Å². The highest BCUT2D eigenvalue weighted by atomic mass is 16.5. The molecule has 25 heavy (non-hydrogen) atoms. The second-order valence-corrected chi connectivity index (χ2v) is 7.85. The summed E-state index contributed by atoms with van der Waals surface area (Å²) in [4.78, 5) is 2.68. The van der Waals surface area contributed by atoms with Crippen molar-refractivity contribution in [3.8, 4) is 11.5 Å². The first kappa shape index (κ1) is 17.2. The van der Waals surface area contributed by atoms with Gasteiger partial charge in [0.2, 0.25) is 0 Å². The number of hydrogen-bond acceptors (Lipinski definition) is 4. The Balaban J connectivity index is 1.64. The SMILES string of the molecule is CCOc1cc2c(cc1OCC)[C@@H]1C[C@@H]3C[C@H](O)CCC3CN1CC2. The highest BCUT2D eigenvalue weighted by Gasteiger charge is 2.41. The number of fused-ring (bicyclic) bond motifs is 4. The Labute approximate surface area is 151 Å². The standard InChI is InChI=1S/C21H31NO3/c1-3-24-20-11-14-7-8-22-13-15-5-6-17(23)9-16(15)10-19(22)18(14)12-21(20)25-4-2/h11-12,15-17,19,23H,3-10,13H2,1-2H3/t15?,16-,17+,19-/m0/s1. The van der Waals surface area contributed by atoms with E-state index in [1.807, 2.05) is 13.8 Å². The van der Waals surface area contributed by atoms with Gasteiger partial charge in [-0.25, -0.2) is 0 Å². The zero-order chi connectivity index (χ0) is 17.4. The second-order valence-electron chi connectivity index (χ2n) is 7.85. The number of benzene rings is 1. The molecule has 2 heterocycles. The normalized spacial score (nSPS) is 31.6. The van der Waals surface area contributed by atoms with Gasteiger partial charge >= 0.3 is 0 Å². The predicted molar refractivity (Wildman–Crippen MR) is 98.3 cm³/mol. The fraction of sp³-hybridized carbons (Fsp3) is 0.714. The minimum atomic E-state index is -0.0878. The van der Waals surface area contributed by atoms with E-state index in [-0.39, 0.29) is 6.10 Å². The summed E-state index contributed by atoms with van der Waals surface area (Å²) in [6.45, 7) is 7.70. The van der Waals surface area contributed by atoms with E-state index in [0.29, 0.717) is 25.2 Å². The van der Waals surface area contributed by atoms with Crippen molar-refractivity contribution >= 4 is 0 Å². The maximum atomic E-state index is 10.1. The summed E-state index contributed by atoms with van der Waals surface area (Å²) in [7, 11) is 0. The van der Waals surface area contributed by atoms with E-state index >= 15 is 0 Å². The van der Waals surface area contributed by atoms with Crippen LogP contribution in [0.25, 0.3) is 0 Å². The third-order valence-corrected chi connectivity index (χ3v) is 6.38. The van der Waals surface area contributed by atoms with Gasteiger partial charge in [0, 0.05) is 19.1 Å². The first-order valence-electron chi connectivity index (χ1n) is 10.0. The molecule has 1 aromatic carbocycles. The minimum absolute atomic E-state index is 0.0878. The molecule has 1 saturated carbocycles. The molecule has 1 aromatic rings. The van der Waals surface area contributed by atoms with Crippen molar-refractivity contribution in [2.24, 2.45) is 11.8 Å². The molecule has 0 aromatic heterocycles. The Kier molecular flexibility index (Phi) is 4.92. The van der Waals surface area contributed by atoms with Gasteiger partial charge in [-0.15, -0.1) is 0 Å². The van der Waals surface area contributed by atoms with E-state index in [1.165, 1.54) is 30.5 Å². The molecule has 0 radical (unpaired) electrons. The molecule has 0 amide bonds. The van der Waals surface area contributed by atoms with Gasteiger partial charge < -0.3 is 14.6 Å². The van der Waals surface area contributed by atoms with E-state index < -0.39 is 0 Å². The first-order chi connectivity index (χ1) is 12.2. The molecule has 138 valence electrons. The van der Waals surface area contributed by atoms with E-state index in [9.17, 15) is 5.11 Å². The van der Waals surface area contributed by atoms with Crippen molar-refractivity contribution in [1.29, 1.82) is 0 Å². The highest BCUT2D eigenvalue weighted by molar-refractivity contribution is 5.49. The van der Waals surface area contributed by atoms with Crippen LogP contribution in [0.1, 0.15) is 56.7 Å². The van der Waals surface area contributed by atoms with Gasteiger partial charge in [0.05, 0.1) is 19.3 Å². The van der Waals surface area contributed by atoms with Crippen LogP contribution in [-0.4, -0.2) is 42.4 Å². The highest BCUT2D eigenvalue weighted by Crippen LogP contribution is 2.48. The summed E-state index contributed by atoms with van der Waals surface area (Å²) < 4.78 is 11.7. The number of ether oxygens (including phenoxy) is 2. The molecule has 3 aliphatic rings. The molecule has 4 atom stereocenters. The van der Waals surface area contributed by atoms with Crippen molar-refractivity contribution < 1.29 is 14.6 Å². The maximum Gasteiger partial charge on any atom is 0.161 e. The molecule has 2 fully saturated rings. The average Bonchev–Trinajstić information content (AvgIpc) is 2.61. The lowest BCUT2D eigenvalue weighted by Crippen LogP contribution is -2.48. The maximum absolute atomic E-state index is 10.1. The fourth-order valence-corrected chi connectivity index (χ4v) is 5.21. The van der Waals surface area contributed by atoms with Gasteiger partial charge in [0.25, 0.3) is 0 Å². The minimum Gasteiger partial charge on any atom is -0.490 e. The Morgan fingerprint density at radius 3 is 2.56 bits per heavy atom. The van der Waals surface area contributed by atoms with Gasteiger partial charge in [-0.05, 0) is 81.0 Å². The monoisotopic (exact) mass is 345 g/mol. The Hall–Kier alpha value is -1.26. The molecule has 4 nitrogen and oxygen atoms in total. The van der Waals surface area contributed by atoms with Crippen LogP contribution in [-0.2, 0) is 6.42 Å². The van der Waals surface area contributed by atoms with Crippen LogP contribution in [0.3, 0.4) is 0 Å². The second kappa shape index (κ2) is 7.16. The van der Waals surface area contributed by atoms with Crippen LogP contribution in [0.4, 0.5) is 0 Å². The molecule has 0 bridgehead atoms.